The van der Waals surface area contributed by atoms with Crippen LogP contribution in [-0.2, 0) is 4.74 Å². The zero-order valence-corrected chi connectivity index (χ0v) is 14.2. The van der Waals surface area contributed by atoms with Crippen molar-refractivity contribution in [3.05, 3.63) is 26.1 Å². The molecular weight excluding hydrogens is 396 g/mol. The summed E-state index contributed by atoms with van der Waals surface area (Å²) in [5.41, 5.74) is -0.215. The molecule has 0 atom stereocenters. The Balaban J connectivity index is 3.34. The summed E-state index contributed by atoms with van der Waals surface area (Å²) in [6, 6.07) is 1.33. The van der Waals surface area contributed by atoms with Gasteiger partial charge in [-0.2, -0.15) is 0 Å². The molecule has 0 saturated carbocycles. The van der Waals surface area contributed by atoms with Gasteiger partial charge in [-0.05, 0) is 44.3 Å². The Morgan fingerprint density at radius 3 is 2.50 bits per heavy atom. The molecule has 1 N–H and O–H groups in total. The average molecular weight is 410 g/mol. The third-order valence-electron chi connectivity index (χ3n) is 2.54. The van der Waals surface area contributed by atoms with Gasteiger partial charge in [-0.25, -0.2) is 9.59 Å². The normalized spacial score (nSPS) is 10.2. The van der Waals surface area contributed by atoms with Crippen LogP contribution in [0.1, 0.15) is 40.5 Å². The number of esters is 1. The number of hydrogen-bond acceptors (Lipinski definition) is 4. The third kappa shape index (κ3) is 3.73. The van der Waals surface area contributed by atoms with Gasteiger partial charge in [-0.1, -0.05) is 13.3 Å². The van der Waals surface area contributed by atoms with Crippen LogP contribution < -0.4 is 4.74 Å². The summed E-state index contributed by atoms with van der Waals surface area (Å²) < 4.78 is 10.9. The predicted octanol–water partition coefficient (Wildman–Crippen LogP) is 3.88. The lowest BCUT2D eigenvalue weighted by Gasteiger charge is -2.14. The van der Waals surface area contributed by atoms with Crippen LogP contribution in [0.25, 0.3) is 0 Å². The van der Waals surface area contributed by atoms with Gasteiger partial charge in [-0.3, -0.25) is 0 Å². The highest BCUT2D eigenvalue weighted by Gasteiger charge is 2.25. The second-order valence-corrected chi connectivity index (χ2v) is 5.57. The van der Waals surface area contributed by atoms with E-state index in [0.29, 0.717) is 16.8 Å². The summed E-state index contributed by atoms with van der Waals surface area (Å²) in [5, 5.41) is 9.17. The number of carbonyl (C=O) groups excluding carboxylic acids is 1. The van der Waals surface area contributed by atoms with Crippen molar-refractivity contribution in [3.8, 4) is 5.75 Å². The molecule has 0 aliphatic heterocycles. The first-order valence-electron chi connectivity index (χ1n) is 5.90. The van der Waals surface area contributed by atoms with Crippen molar-refractivity contribution in [2.24, 2.45) is 0 Å². The van der Waals surface area contributed by atoms with E-state index >= 15 is 0 Å². The van der Waals surface area contributed by atoms with E-state index in [1.165, 1.54) is 13.2 Å². The number of unbranched alkanes of at least 4 members (excludes halogenated alkanes) is 1. The number of halogens is 2. The van der Waals surface area contributed by atoms with E-state index in [4.69, 9.17) is 4.74 Å². The Bertz CT molecular complexity index is 528. The smallest absolute Gasteiger partial charge is 0.340 e. The summed E-state index contributed by atoms with van der Waals surface area (Å²) in [7, 11) is 1.19. The van der Waals surface area contributed by atoms with Gasteiger partial charge in [0.2, 0.25) is 0 Å². The molecule has 0 heterocycles. The molecule has 0 spiro atoms. The van der Waals surface area contributed by atoms with E-state index in [1.54, 1.807) is 0 Å². The van der Waals surface area contributed by atoms with Crippen molar-refractivity contribution >= 4 is 43.8 Å². The molecule has 5 nitrogen and oxygen atoms in total. The topological polar surface area (TPSA) is 72.8 Å². The summed E-state index contributed by atoms with van der Waals surface area (Å²) >= 11 is 6.48. The van der Waals surface area contributed by atoms with E-state index in [0.717, 1.165) is 12.8 Å². The summed E-state index contributed by atoms with van der Waals surface area (Å²) in [6.07, 6.45) is 1.82. The van der Waals surface area contributed by atoms with Crippen LogP contribution in [0.5, 0.6) is 5.75 Å². The van der Waals surface area contributed by atoms with Crippen LogP contribution in [0.2, 0.25) is 0 Å². The lowest BCUT2D eigenvalue weighted by Crippen LogP contribution is -2.12. The first kappa shape index (κ1) is 17.0. The molecule has 1 aromatic rings. The minimum absolute atomic E-state index is 0.0605. The Morgan fingerprint density at radius 2 is 2.00 bits per heavy atom. The highest BCUT2D eigenvalue weighted by molar-refractivity contribution is 9.11. The molecule has 0 aliphatic rings. The van der Waals surface area contributed by atoms with Crippen LogP contribution in [0.15, 0.2) is 15.0 Å². The maximum absolute atomic E-state index is 11.8. The fourth-order valence-corrected chi connectivity index (χ4v) is 3.03. The average Bonchev–Trinajstić information content (AvgIpc) is 2.41. The fraction of sp³-hybridized carbons (Fsp3) is 0.385. The number of methoxy groups -OCH3 is 1. The third-order valence-corrected chi connectivity index (χ3v) is 3.89. The van der Waals surface area contributed by atoms with Crippen molar-refractivity contribution in [1.29, 1.82) is 0 Å². The SMILES string of the molecule is CCCCOc1c(Br)cc(C(=O)O)c(C(=O)OC)c1Br. The molecule has 20 heavy (non-hydrogen) atoms. The van der Waals surface area contributed by atoms with Gasteiger partial charge in [0.25, 0.3) is 0 Å². The standard InChI is InChI=1S/C13H14Br2O5/c1-3-4-5-20-11-8(14)6-7(12(16)17)9(10(11)15)13(18)19-2/h6H,3-5H2,1-2H3,(H,16,17). The molecule has 0 bridgehead atoms. The van der Waals surface area contributed by atoms with Crippen molar-refractivity contribution in [2.45, 2.75) is 19.8 Å². The maximum atomic E-state index is 11.8. The molecule has 0 unspecified atom stereocenters. The molecule has 0 aromatic heterocycles. The number of hydrogen-bond donors (Lipinski definition) is 1. The number of benzene rings is 1. The van der Waals surface area contributed by atoms with Gasteiger partial charge in [0.15, 0.2) is 0 Å². The second kappa shape index (κ2) is 7.64. The number of carbonyl (C=O) groups is 2. The zero-order chi connectivity index (χ0) is 15.3. The Labute approximate surface area is 133 Å². The minimum atomic E-state index is -1.22. The molecule has 0 amide bonds. The van der Waals surface area contributed by atoms with Crippen LogP contribution in [0.3, 0.4) is 0 Å². The van der Waals surface area contributed by atoms with Crippen LogP contribution in [-0.4, -0.2) is 30.8 Å². The fourth-order valence-electron chi connectivity index (χ4n) is 1.52. The highest BCUT2D eigenvalue weighted by Crippen LogP contribution is 2.38. The monoisotopic (exact) mass is 408 g/mol. The van der Waals surface area contributed by atoms with Crippen LogP contribution in [0, 0.1) is 0 Å². The number of rotatable bonds is 6. The van der Waals surface area contributed by atoms with Gasteiger partial charge in [0.05, 0.1) is 33.8 Å². The van der Waals surface area contributed by atoms with Crippen molar-refractivity contribution < 1.29 is 24.2 Å². The predicted molar refractivity (Wildman–Crippen MR) is 80.5 cm³/mol. The van der Waals surface area contributed by atoms with E-state index in [9.17, 15) is 14.7 Å². The van der Waals surface area contributed by atoms with E-state index in [2.05, 4.69) is 36.6 Å². The molecular formula is C13H14Br2O5. The highest BCUT2D eigenvalue weighted by atomic mass is 79.9. The number of aromatic carboxylic acids is 1. The summed E-state index contributed by atoms with van der Waals surface area (Å²) in [5.74, 6) is -1.56. The van der Waals surface area contributed by atoms with Gasteiger partial charge in [0.1, 0.15) is 5.75 Å². The van der Waals surface area contributed by atoms with E-state index in [1.807, 2.05) is 6.92 Å². The van der Waals surface area contributed by atoms with Gasteiger partial charge >= 0.3 is 11.9 Å². The number of carboxylic acids is 1. The zero-order valence-electron chi connectivity index (χ0n) is 11.0. The van der Waals surface area contributed by atoms with Gasteiger partial charge in [-0.15, -0.1) is 0 Å². The summed E-state index contributed by atoms with van der Waals surface area (Å²) in [6.45, 7) is 2.50. The molecule has 1 aromatic carbocycles. The largest absolute Gasteiger partial charge is 0.491 e. The van der Waals surface area contributed by atoms with E-state index in [-0.39, 0.29) is 15.6 Å². The lowest BCUT2D eigenvalue weighted by molar-refractivity contribution is 0.0581. The van der Waals surface area contributed by atoms with Gasteiger partial charge < -0.3 is 14.6 Å². The first-order chi connectivity index (χ1) is 9.43. The Morgan fingerprint density at radius 1 is 1.35 bits per heavy atom. The Kier molecular flexibility index (Phi) is 6.48. The molecule has 0 fully saturated rings. The molecule has 1 rings (SSSR count). The molecule has 0 radical (unpaired) electrons. The van der Waals surface area contributed by atoms with Crippen LogP contribution >= 0.6 is 31.9 Å². The molecule has 110 valence electrons. The number of carboxylic acid groups (broad SMARTS) is 1. The first-order valence-corrected chi connectivity index (χ1v) is 7.49. The van der Waals surface area contributed by atoms with Crippen molar-refractivity contribution in [2.75, 3.05) is 13.7 Å². The van der Waals surface area contributed by atoms with Crippen molar-refractivity contribution in [3.63, 3.8) is 0 Å². The molecule has 0 aliphatic carbocycles. The summed E-state index contributed by atoms with van der Waals surface area (Å²) in [4.78, 5) is 23.0. The van der Waals surface area contributed by atoms with E-state index < -0.39 is 11.9 Å². The minimum Gasteiger partial charge on any atom is -0.491 e. The van der Waals surface area contributed by atoms with Gasteiger partial charge in [0, 0.05) is 0 Å². The lowest BCUT2D eigenvalue weighted by atomic mass is 10.1. The quantitative estimate of drug-likeness (QED) is 0.570. The van der Waals surface area contributed by atoms with Crippen LogP contribution in [0.4, 0.5) is 0 Å². The molecule has 0 saturated heterocycles. The van der Waals surface area contributed by atoms with Crippen molar-refractivity contribution in [1.82, 2.24) is 0 Å². The second-order valence-electron chi connectivity index (χ2n) is 3.92. The molecule has 7 heteroatoms. The Hall–Kier alpha value is -1.08. The maximum Gasteiger partial charge on any atom is 0.340 e. The number of ether oxygens (including phenoxy) is 2.